The van der Waals surface area contributed by atoms with E-state index in [4.69, 9.17) is 0 Å². The molecule has 4 rings (SSSR count). The van der Waals surface area contributed by atoms with Crippen molar-refractivity contribution >= 4 is 12.0 Å². The summed E-state index contributed by atoms with van der Waals surface area (Å²) >= 11 is 0. The molecule has 1 atom stereocenters. The standard InChI is InChI=1S/C24H28N2O/c27-23-24(15-8-17-25(23)20-22-12-5-2-6-13-22)16-9-19-26(24)18-7-14-21-10-3-1-4-11-21/h1-7,10-14H,8-9,15-20H2/b14-7+. The van der Waals surface area contributed by atoms with Gasteiger partial charge in [-0.1, -0.05) is 72.8 Å². The Hall–Kier alpha value is -2.39. The molecule has 2 heterocycles. The number of piperidine rings is 1. The van der Waals surface area contributed by atoms with Crippen molar-refractivity contribution in [3.63, 3.8) is 0 Å². The third-order valence-corrected chi connectivity index (χ3v) is 5.98. The van der Waals surface area contributed by atoms with Crippen molar-refractivity contribution in [1.29, 1.82) is 0 Å². The van der Waals surface area contributed by atoms with E-state index in [1.807, 2.05) is 12.1 Å². The number of amides is 1. The maximum atomic E-state index is 13.5. The summed E-state index contributed by atoms with van der Waals surface area (Å²) in [6.07, 6.45) is 8.58. The summed E-state index contributed by atoms with van der Waals surface area (Å²) < 4.78 is 0. The Morgan fingerprint density at radius 3 is 2.30 bits per heavy atom. The van der Waals surface area contributed by atoms with Gasteiger partial charge in [-0.2, -0.15) is 0 Å². The van der Waals surface area contributed by atoms with E-state index < -0.39 is 0 Å². The van der Waals surface area contributed by atoms with Crippen molar-refractivity contribution in [1.82, 2.24) is 9.80 Å². The first kappa shape index (κ1) is 18.0. The van der Waals surface area contributed by atoms with Crippen LogP contribution in [0.1, 0.15) is 36.8 Å². The Kier molecular flexibility index (Phi) is 5.40. The first-order valence-electron chi connectivity index (χ1n) is 10.1. The molecule has 1 spiro atoms. The van der Waals surface area contributed by atoms with Crippen LogP contribution in [0.2, 0.25) is 0 Å². The van der Waals surface area contributed by atoms with Gasteiger partial charge in [0.25, 0.3) is 0 Å². The van der Waals surface area contributed by atoms with Crippen LogP contribution >= 0.6 is 0 Å². The molecule has 2 aromatic carbocycles. The Labute approximate surface area is 162 Å². The molecule has 0 radical (unpaired) electrons. The third kappa shape index (κ3) is 3.84. The predicted octanol–water partition coefficient (Wildman–Crippen LogP) is 4.36. The molecule has 0 aliphatic carbocycles. The largest absolute Gasteiger partial charge is 0.337 e. The maximum Gasteiger partial charge on any atom is 0.243 e. The molecule has 0 N–H and O–H groups in total. The third-order valence-electron chi connectivity index (χ3n) is 5.98. The van der Waals surface area contributed by atoms with Crippen LogP contribution in [0.15, 0.2) is 66.7 Å². The van der Waals surface area contributed by atoms with Crippen molar-refractivity contribution in [2.24, 2.45) is 0 Å². The van der Waals surface area contributed by atoms with Gasteiger partial charge in [-0.05, 0) is 43.4 Å². The van der Waals surface area contributed by atoms with E-state index in [9.17, 15) is 4.79 Å². The Bertz CT molecular complexity index is 787. The molecule has 2 saturated heterocycles. The summed E-state index contributed by atoms with van der Waals surface area (Å²) in [5, 5.41) is 0. The predicted molar refractivity (Wildman–Crippen MR) is 110 cm³/mol. The van der Waals surface area contributed by atoms with Gasteiger partial charge in [0, 0.05) is 19.6 Å². The van der Waals surface area contributed by atoms with E-state index in [-0.39, 0.29) is 5.54 Å². The maximum absolute atomic E-state index is 13.5. The van der Waals surface area contributed by atoms with E-state index in [2.05, 4.69) is 70.5 Å². The molecule has 0 aromatic heterocycles. The van der Waals surface area contributed by atoms with Crippen LogP contribution in [0.25, 0.3) is 6.08 Å². The van der Waals surface area contributed by atoms with Gasteiger partial charge >= 0.3 is 0 Å². The highest BCUT2D eigenvalue weighted by Gasteiger charge is 2.50. The van der Waals surface area contributed by atoms with Gasteiger partial charge in [0.15, 0.2) is 0 Å². The number of hydrogen-bond acceptors (Lipinski definition) is 2. The van der Waals surface area contributed by atoms with Crippen molar-refractivity contribution in [2.45, 2.75) is 37.8 Å². The lowest BCUT2D eigenvalue weighted by molar-refractivity contribution is -0.147. The summed E-state index contributed by atoms with van der Waals surface area (Å²) in [5.41, 5.74) is 2.15. The van der Waals surface area contributed by atoms with Crippen LogP contribution in [0.3, 0.4) is 0 Å². The van der Waals surface area contributed by atoms with Gasteiger partial charge in [-0.3, -0.25) is 9.69 Å². The second-order valence-electron chi connectivity index (χ2n) is 7.71. The summed E-state index contributed by atoms with van der Waals surface area (Å²) in [6.45, 7) is 3.47. The zero-order chi connectivity index (χ0) is 18.5. The Balaban J connectivity index is 1.46. The van der Waals surface area contributed by atoms with Gasteiger partial charge in [0.05, 0.1) is 0 Å². The van der Waals surface area contributed by atoms with Gasteiger partial charge in [-0.25, -0.2) is 0 Å². The fraction of sp³-hybridized carbons (Fsp3) is 0.375. The highest BCUT2D eigenvalue weighted by molar-refractivity contribution is 5.87. The monoisotopic (exact) mass is 360 g/mol. The summed E-state index contributed by atoms with van der Waals surface area (Å²) in [7, 11) is 0. The number of carbonyl (C=O) groups excluding carboxylic acids is 1. The highest BCUT2D eigenvalue weighted by Crippen LogP contribution is 2.38. The van der Waals surface area contributed by atoms with E-state index in [1.54, 1.807) is 0 Å². The molecule has 2 aromatic rings. The SMILES string of the molecule is O=C1N(Cc2ccccc2)CCCC12CCCN2C/C=C/c1ccccc1. The van der Waals surface area contributed by atoms with Crippen LogP contribution < -0.4 is 0 Å². The lowest BCUT2D eigenvalue weighted by Gasteiger charge is -2.44. The smallest absolute Gasteiger partial charge is 0.243 e. The second-order valence-corrected chi connectivity index (χ2v) is 7.71. The van der Waals surface area contributed by atoms with Gasteiger partial charge in [0.1, 0.15) is 5.54 Å². The number of carbonyl (C=O) groups is 1. The highest BCUT2D eigenvalue weighted by atomic mass is 16.2. The number of rotatable bonds is 5. The number of likely N-dealkylation sites (tertiary alicyclic amines) is 2. The summed E-state index contributed by atoms with van der Waals surface area (Å²) in [4.78, 5) is 18.0. The van der Waals surface area contributed by atoms with Gasteiger partial charge in [0.2, 0.25) is 5.91 Å². The van der Waals surface area contributed by atoms with Crippen molar-refractivity contribution in [3.8, 4) is 0 Å². The van der Waals surface area contributed by atoms with E-state index >= 15 is 0 Å². The fourth-order valence-corrected chi connectivity index (χ4v) is 4.63. The van der Waals surface area contributed by atoms with Crippen LogP contribution in [0, 0.1) is 0 Å². The molecule has 1 amide bonds. The van der Waals surface area contributed by atoms with E-state index in [1.165, 1.54) is 11.1 Å². The average molecular weight is 361 g/mol. The molecule has 3 heteroatoms. The number of hydrogen-bond donors (Lipinski definition) is 0. The van der Waals surface area contributed by atoms with Crippen molar-refractivity contribution < 1.29 is 4.79 Å². The first-order valence-corrected chi connectivity index (χ1v) is 10.1. The van der Waals surface area contributed by atoms with Crippen LogP contribution in [-0.4, -0.2) is 40.9 Å². The molecule has 0 bridgehead atoms. The number of nitrogens with zero attached hydrogens (tertiary/aromatic N) is 2. The van der Waals surface area contributed by atoms with Crippen molar-refractivity contribution in [3.05, 3.63) is 77.9 Å². The minimum absolute atomic E-state index is 0.284. The lowest BCUT2D eigenvalue weighted by Crippen LogP contribution is -2.59. The molecule has 2 aliphatic rings. The number of benzene rings is 2. The van der Waals surface area contributed by atoms with E-state index in [0.29, 0.717) is 5.91 Å². The molecule has 0 saturated carbocycles. The molecule has 2 fully saturated rings. The van der Waals surface area contributed by atoms with Gasteiger partial charge in [-0.15, -0.1) is 0 Å². The minimum Gasteiger partial charge on any atom is -0.337 e. The molecule has 1 unspecified atom stereocenters. The molecular weight excluding hydrogens is 332 g/mol. The zero-order valence-electron chi connectivity index (χ0n) is 15.9. The molecule has 2 aliphatic heterocycles. The first-order chi connectivity index (χ1) is 13.3. The van der Waals surface area contributed by atoms with Crippen LogP contribution in [-0.2, 0) is 11.3 Å². The molecule has 27 heavy (non-hydrogen) atoms. The fourth-order valence-electron chi connectivity index (χ4n) is 4.63. The van der Waals surface area contributed by atoms with Crippen LogP contribution in [0.4, 0.5) is 0 Å². The lowest BCUT2D eigenvalue weighted by atomic mass is 9.85. The summed E-state index contributed by atoms with van der Waals surface area (Å²) in [6, 6.07) is 20.7. The second kappa shape index (κ2) is 8.10. The normalized spacial score (nSPS) is 23.6. The zero-order valence-corrected chi connectivity index (χ0v) is 15.9. The quantitative estimate of drug-likeness (QED) is 0.791. The van der Waals surface area contributed by atoms with Crippen molar-refractivity contribution in [2.75, 3.05) is 19.6 Å². The minimum atomic E-state index is -0.284. The molecular formula is C24H28N2O. The Morgan fingerprint density at radius 1 is 0.889 bits per heavy atom. The van der Waals surface area contributed by atoms with Crippen LogP contribution in [0.5, 0.6) is 0 Å². The van der Waals surface area contributed by atoms with E-state index in [0.717, 1.165) is 51.9 Å². The topological polar surface area (TPSA) is 23.6 Å². The summed E-state index contributed by atoms with van der Waals surface area (Å²) in [5.74, 6) is 0.336. The molecule has 3 nitrogen and oxygen atoms in total. The van der Waals surface area contributed by atoms with Gasteiger partial charge < -0.3 is 4.90 Å². The average Bonchev–Trinajstić information content (AvgIpc) is 3.11. The molecule has 140 valence electrons. The Morgan fingerprint density at radius 2 is 1.56 bits per heavy atom.